The van der Waals surface area contributed by atoms with Crippen LogP contribution in [0.2, 0.25) is 0 Å². The lowest BCUT2D eigenvalue weighted by atomic mass is 9.88. The van der Waals surface area contributed by atoms with Gasteiger partial charge in [-0.1, -0.05) is 75.2 Å². The molecule has 0 amide bonds. The van der Waals surface area contributed by atoms with Gasteiger partial charge in [-0.15, -0.1) is 11.8 Å². The first-order valence-electron chi connectivity index (χ1n) is 8.82. The van der Waals surface area contributed by atoms with Crippen LogP contribution in [0.3, 0.4) is 0 Å². The van der Waals surface area contributed by atoms with E-state index in [2.05, 4.69) is 73.8 Å². The van der Waals surface area contributed by atoms with Crippen LogP contribution >= 0.6 is 11.8 Å². The number of thioether (sulfide) groups is 1. The van der Waals surface area contributed by atoms with Gasteiger partial charge in [0.05, 0.1) is 6.04 Å². The predicted molar refractivity (Wildman–Crippen MR) is 101 cm³/mol. The van der Waals surface area contributed by atoms with Crippen molar-refractivity contribution in [3.05, 3.63) is 65.7 Å². The van der Waals surface area contributed by atoms with Crippen LogP contribution in [0.25, 0.3) is 0 Å². The summed E-state index contributed by atoms with van der Waals surface area (Å²) in [4.78, 5) is 1.43. The second-order valence-electron chi connectivity index (χ2n) is 6.55. The smallest absolute Gasteiger partial charge is 0.0592 e. The Balaban J connectivity index is 2.01. The lowest BCUT2D eigenvalue weighted by Crippen LogP contribution is -2.48. The summed E-state index contributed by atoms with van der Waals surface area (Å²) in [7, 11) is 0. The molecule has 0 aromatic heterocycles. The molecule has 1 aliphatic rings. The summed E-state index contributed by atoms with van der Waals surface area (Å²) >= 11 is 2.03. The van der Waals surface area contributed by atoms with E-state index in [-0.39, 0.29) is 5.54 Å². The van der Waals surface area contributed by atoms with E-state index in [9.17, 15) is 0 Å². The number of benzene rings is 2. The van der Waals surface area contributed by atoms with E-state index >= 15 is 0 Å². The van der Waals surface area contributed by atoms with Crippen molar-refractivity contribution in [1.29, 1.82) is 0 Å². The fourth-order valence-corrected chi connectivity index (χ4v) is 4.83. The Morgan fingerprint density at radius 1 is 1.04 bits per heavy atom. The molecule has 2 heteroatoms. The molecule has 0 aliphatic carbocycles. The largest absolute Gasteiger partial charge is 0.300 e. The minimum atomic E-state index is 0.222. The highest BCUT2D eigenvalue weighted by molar-refractivity contribution is 7.99. The van der Waals surface area contributed by atoms with Crippen molar-refractivity contribution in [3.8, 4) is 0 Å². The third-order valence-electron chi connectivity index (χ3n) is 5.00. The quantitative estimate of drug-likeness (QED) is 0.744. The number of hydrogen-bond acceptors (Lipinski definition) is 2. The third-order valence-corrected chi connectivity index (χ3v) is 6.38. The summed E-state index contributed by atoms with van der Waals surface area (Å²) in [6.07, 6.45) is 4.98. The van der Waals surface area contributed by atoms with E-state index in [1.807, 2.05) is 11.8 Å². The maximum atomic E-state index is 4.07. The zero-order valence-corrected chi connectivity index (χ0v) is 15.0. The van der Waals surface area contributed by atoms with Gasteiger partial charge in [-0.25, -0.2) is 0 Å². The topological polar surface area (TPSA) is 12.0 Å². The van der Waals surface area contributed by atoms with Crippen LogP contribution in [0.4, 0.5) is 0 Å². The van der Waals surface area contributed by atoms with E-state index < -0.39 is 0 Å². The molecule has 2 atom stereocenters. The van der Waals surface area contributed by atoms with Crippen molar-refractivity contribution in [2.75, 3.05) is 5.75 Å². The highest BCUT2D eigenvalue weighted by atomic mass is 32.2. The summed E-state index contributed by atoms with van der Waals surface area (Å²) in [5.41, 5.74) is 3.02. The molecular formula is C21H27NS. The molecule has 0 bridgehead atoms. The Morgan fingerprint density at radius 3 is 2.52 bits per heavy atom. The molecule has 3 rings (SSSR count). The first-order chi connectivity index (χ1) is 11.3. The van der Waals surface area contributed by atoms with Gasteiger partial charge in [0.25, 0.3) is 0 Å². The van der Waals surface area contributed by atoms with Gasteiger partial charge >= 0.3 is 0 Å². The molecule has 0 unspecified atom stereocenters. The molecular weight excluding hydrogens is 298 g/mol. The number of nitrogens with one attached hydrogen (secondary N) is 1. The predicted octanol–water partition coefficient (Wildman–Crippen LogP) is 5.81. The number of hydrogen-bond donors (Lipinski definition) is 1. The summed E-state index contributed by atoms with van der Waals surface area (Å²) < 4.78 is 0. The van der Waals surface area contributed by atoms with Crippen LogP contribution in [0.5, 0.6) is 0 Å². The normalized spacial score (nSPS) is 24.0. The molecule has 1 aliphatic heterocycles. The number of rotatable bonds is 5. The van der Waals surface area contributed by atoms with Crippen LogP contribution in [0.15, 0.2) is 59.5 Å². The summed E-state index contributed by atoms with van der Waals surface area (Å²) in [6.45, 7) is 4.62. The van der Waals surface area contributed by atoms with E-state index in [1.165, 1.54) is 41.7 Å². The van der Waals surface area contributed by atoms with Crippen LogP contribution < -0.4 is 5.32 Å². The van der Waals surface area contributed by atoms with Gasteiger partial charge in [0.1, 0.15) is 0 Å². The zero-order chi connectivity index (χ0) is 16.1. The van der Waals surface area contributed by atoms with Crippen LogP contribution in [-0.2, 0) is 0 Å². The van der Waals surface area contributed by atoms with Crippen LogP contribution in [-0.4, -0.2) is 11.3 Å². The van der Waals surface area contributed by atoms with Gasteiger partial charge < -0.3 is 0 Å². The molecule has 122 valence electrons. The molecule has 1 N–H and O–H groups in total. The average Bonchev–Trinajstić information content (AvgIpc) is 2.79. The fraction of sp³-hybridized carbons (Fsp3) is 0.429. The van der Waals surface area contributed by atoms with Crippen LogP contribution in [0.1, 0.15) is 56.7 Å². The first-order valence-corrected chi connectivity index (χ1v) is 9.81. The van der Waals surface area contributed by atoms with Gasteiger partial charge in [0, 0.05) is 16.2 Å². The second kappa shape index (κ2) is 7.55. The fourth-order valence-electron chi connectivity index (χ4n) is 3.44. The van der Waals surface area contributed by atoms with Crippen molar-refractivity contribution in [2.45, 2.75) is 56.0 Å². The summed E-state index contributed by atoms with van der Waals surface area (Å²) in [6, 6.07) is 20.1. The maximum Gasteiger partial charge on any atom is 0.0592 e. The lowest BCUT2D eigenvalue weighted by molar-refractivity contribution is 0.298. The molecule has 23 heavy (non-hydrogen) atoms. The van der Waals surface area contributed by atoms with Gasteiger partial charge in [-0.05, 0) is 30.0 Å². The molecule has 0 fully saturated rings. The van der Waals surface area contributed by atoms with Crippen molar-refractivity contribution in [3.63, 3.8) is 0 Å². The second-order valence-corrected chi connectivity index (χ2v) is 7.57. The Kier molecular flexibility index (Phi) is 5.45. The van der Waals surface area contributed by atoms with Crippen molar-refractivity contribution in [2.24, 2.45) is 0 Å². The highest BCUT2D eigenvalue weighted by Gasteiger charge is 2.35. The highest BCUT2D eigenvalue weighted by Crippen LogP contribution is 2.40. The van der Waals surface area contributed by atoms with Crippen LogP contribution in [0, 0.1) is 0 Å². The molecule has 1 heterocycles. The molecule has 2 aromatic rings. The van der Waals surface area contributed by atoms with Gasteiger partial charge in [-0.2, -0.15) is 0 Å². The maximum absolute atomic E-state index is 4.07. The lowest BCUT2D eigenvalue weighted by Gasteiger charge is -2.36. The third kappa shape index (κ3) is 3.64. The Labute approximate surface area is 144 Å². The molecule has 2 aromatic carbocycles. The van der Waals surface area contributed by atoms with Gasteiger partial charge in [0.15, 0.2) is 0 Å². The summed E-state index contributed by atoms with van der Waals surface area (Å²) in [5, 5.41) is 4.07. The minimum absolute atomic E-state index is 0.222. The molecule has 0 saturated carbocycles. The van der Waals surface area contributed by atoms with E-state index in [1.54, 1.807) is 0 Å². The molecule has 1 nitrogen and oxygen atoms in total. The number of fused-ring (bicyclic) bond motifs is 1. The average molecular weight is 326 g/mol. The van der Waals surface area contributed by atoms with Crippen molar-refractivity contribution < 1.29 is 0 Å². The van der Waals surface area contributed by atoms with Gasteiger partial charge in [-0.3, -0.25) is 5.32 Å². The molecule has 0 spiro atoms. The Morgan fingerprint density at radius 2 is 1.78 bits per heavy atom. The molecule has 0 radical (unpaired) electrons. The Bertz CT molecular complexity index is 625. The monoisotopic (exact) mass is 325 g/mol. The number of unbranched alkanes of at least 4 members (excludes halogenated alkanes) is 1. The standard InChI is InChI=1S/C21H27NS/c1-3-5-15-21(4-2)16-23-19-14-10-9-13-18(19)20(22-21)17-11-7-6-8-12-17/h6-14,20,22H,3-5,15-16H2,1-2H3/t20-,21-/m0/s1. The van der Waals surface area contributed by atoms with Crippen molar-refractivity contribution in [1.82, 2.24) is 5.32 Å². The Hall–Kier alpha value is -1.25. The molecule has 0 saturated heterocycles. The van der Waals surface area contributed by atoms with Crippen molar-refractivity contribution >= 4 is 11.8 Å². The van der Waals surface area contributed by atoms with E-state index in [0.717, 1.165) is 5.75 Å². The first kappa shape index (κ1) is 16.6. The summed E-state index contributed by atoms with van der Waals surface area (Å²) in [5.74, 6) is 1.16. The van der Waals surface area contributed by atoms with Gasteiger partial charge in [0.2, 0.25) is 0 Å². The minimum Gasteiger partial charge on any atom is -0.300 e. The SMILES string of the molecule is CCCC[C@@]1(CC)CSc2ccccc2[C@H](c2ccccc2)N1. The zero-order valence-electron chi connectivity index (χ0n) is 14.2. The van der Waals surface area contributed by atoms with E-state index in [0.29, 0.717) is 6.04 Å². The van der Waals surface area contributed by atoms with E-state index in [4.69, 9.17) is 0 Å².